The highest BCUT2D eigenvalue weighted by Gasteiger charge is 2.14. The fourth-order valence-corrected chi connectivity index (χ4v) is 2.73. The van der Waals surface area contributed by atoms with Crippen molar-refractivity contribution >= 4 is 22.7 Å². The molecule has 2 heterocycles. The summed E-state index contributed by atoms with van der Waals surface area (Å²) in [6.07, 6.45) is 2.84. The van der Waals surface area contributed by atoms with Crippen molar-refractivity contribution in [3.05, 3.63) is 39.0 Å². The van der Waals surface area contributed by atoms with Crippen molar-refractivity contribution in [1.82, 2.24) is 4.98 Å². The lowest BCUT2D eigenvalue weighted by atomic mass is 10.2. The number of hydrogen-bond acceptors (Lipinski definition) is 4. The largest absolute Gasteiger partial charge is 0.374 e. The van der Waals surface area contributed by atoms with Gasteiger partial charge in [-0.05, 0) is 11.4 Å². The molecule has 0 aromatic carbocycles. The number of hydrogen-bond donors (Lipinski definition) is 0. The van der Waals surface area contributed by atoms with Crippen LogP contribution in [0.1, 0.15) is 16.0 Å². The lowest BCUT2D eigenvalue weighted by molar-refractivity contribution is 0.104. The maximum atomic E-state index is 5.42. The predicted octanol–water partition coefficient (Wildman–Crippen LogP) is 3.13. The fourth-order valence-electron chi connectivity index (χ4n) is 1.28. The molecule has 0 saturated carbocycles. The lowest BCUT2D eigenvalue weighted by Crippen LogP contribution is -2.03. The number of rotatable bonds is 4. The van der Waals surface area contributed by atoms with Gasteiger partial charge in [0.25, 0.3) is 0 Å². The van der Waals surface area contributed by atoms with Crippen LogP contribution in [0.4, 0.5) is 0 Å². The summed E-state index contributed by atoms with van der Waals surface area (Å²) in [5.41, 5.74) is 0. The van der Waals surface area contributed by atoms with Crippen LogP contribution in [0.25, 0.3) is 0 Å². The van der Waals surface area contributed by atoms with Gasteiger partial charge in [-0.2, -0.15) is 0 Å². The third kappa shape index (κ3) is 2.20. The maximum Gasteiger partial charge on any atom is 0.122 e. The van der Waals surface area contributed by atoms with E-state index >= 15 is 0 Å². The normalized spacial score (nSPS) is 12.9. The highest BCUT2D eigenvalue weighted by atomic mass is 32.1. The van der Waals surface area contributed by atoms with Crippen molar-refractivity contribution in [2.45, 2.75) is 12.5 Å². The van der Waals surface area contributed by atoms with Gasteiger partial charge in [0.05, 0.1) is 0 Å². The van der Waals surface area contributed by atoms with Gasteiger partial charge in [0.1, 0.15) is 11.1 Å². The van der Waals surface area contributed by atoms with Crippen LogP contribution in [0.3, 0.4) is 0 Å². The molecule has 0 N–H and O–H groups in total. The van der Waals surface area contributed by atoms with Crippen molar-refractivity contribution in [1.29, 1.82) is 0 Å². The van der Waals surface area contributed by atoms with Crippen molar-refractivity contribution in [3.63, 3.8) is 0 Å². The molecule has 74 valence electrons. The molecule has 0 fully saturated rings. The van der Waals surface area contributed by atoms with Gasteiger partial charge in [0.15, 0.2) is 0 Å². The molecule has 1 unspecified atom stereocenters. The molecule has 2 nitrogen and oxygen atoms in total. The zero-order chi connectivity index (χ0) is 9.80. The Bertz CT molecular complexity index is 355. The summed E-state index contributed by atoms with van der Waals surface area (Å²) in [5, 5.41) is 5.13. The Morgan fingerprint density at radius 3 is 2.93 bits per heavy atom. The summed E-state index contributed by atoms with van der Waals surface area (Å²) in [6, 6.07) is 4.19. The van der Waals surface area contributed by atoms with Crippen molar-refractivity contribution in [2.24, 2.45) is 0 Å². The first-order valence-corrected chi connectivity index (χ1v) is 6.10. The molecule has 0 radical (unpaired) electrons. The highest BCUT2D eigenvalue weighted by molar-refractivity contribution is 7.10. The van der Waals surface area contributed by atoms with Crippen molar-refractivity contribution in [2.75, 3.05) is 7.11 Å². The van der Waals surface area contributed by atoms with E-state index in [1.807, 2.05) is 11.6 Å². The van der Waals surface area contributed by atoms with Crippen LogP contribution in [-0.2, 0) is 11.2 Å². The standard InChI is InChI=1S/C10H11NOS2/c1-12-9(10-11-4-6-14-10)7-8-3-2-5-13-8/h2-6,9H,7H2,1H3. The molecule has 1 atom stereocenters. The van der Waals surface area contributed by atoms with E-state index in [4.69, 9.17) is 4.74 Å². The van der Waals surface area contributed by atoms with Gasteiger partial charge in [-0.1, -0.05) is 6.07 Å². The van der Waals surface area contributed by atoms with E-state index in [9.17, 15) is 0 Å². The topological polar surface area (TPSA) is 22.1 Å². The molecule has 2 rings (SSSR count). The van der Waals surface area contributed by atoms with Gasteiger partial charge >= 0.3 is 0 Å². The monoisotopic (exact) mass is 225 g/mol. The van der Waals surface area contributed by atoms with Gasteiger partial charge in [-0.25, -0.2) is 4.98 Å². The number of methoxy groups -OCH3 is 1. The van der Waals surface area contributed by atoms with Crippen LogP contribution in [0.5, 0.6) is 0 Å². The van der Waals surface area contributed by atoms with Crippen LogP contribution in [-0.4, -0.2) is 12.1 Å². The third-order valence-electron chi connectivity index (χ3n) is 1.98. The minimum atomic E-state index is 0.105. The van der Waals surface area contributed by atoms with Crippen LogP contribution in [0.2, 0.25) is 0 Å². The first-order valence-electron chi connectivity index (χ1n) is 4.34. The molecule has 2 aromatic rings. The van der Waals surface area contributed by atoms with E-state index < -0.39 is 0 Å². The van der Waals surface area contributed by atoms with Gasteiger partial charge in [0.2, 0.25) is 0 Å². The van der Waals surface area contributed by atoms with Gasteiger partial charge in [-0.15, -0.1) is 22.7 Å². The molecule has 0 aliphatic rings. The van der Waals surface area contributed by atoms with Crippen molar-refractivity contribution < 1.29 is 4.74 Å². The minimum absolute atomic E-state index is 0.105. The first kappa shape index (κ1) is 9.83. The van der Waals surface area contributed by atoms with Gasteiger partial charge in [0, 0.05) is 30.0 Å². The van der Waals surface area contributed by atoms with E-state index in [2.05, 4.69) is 22.5 Å². The number of thiophene rings is 1. The molecule has 0 aliphatic carbocycles. The zero-order valence-electron chi connectivity index (χ0n) is 7.84. The molecule has 14 heavy (non-hydrogen) atoms. The average molecular weight is 225 g/mol. The van der Waals surface area contributed by atoms with E-state index in [-0.39, 0.29) is 6.10 Å². The molecular weight excluding hydrogens is 214 g/mol. The SMILES string of the molecule is COC(Cc1cccs1)c1nccs1. The summed E-state index contributed by atoms with van der Waals surface area (Å²) in [4.78, 5) is 5.61. The first-order chi connectivity index (χ1) is 6.90. The Morgan fingerprint density at radius 1 is 1.43 bits per heavy atom. The zero-order valence-corrected chi connectivity index (χ0v) is 9.48. The molecule has 0 spiro atoms. The number of nitrogens with zero attached hydrogens (tertiary/aromatic N) is 1. The molecule has 0 aliphatic heterocycles. The summed E-state index contributed by atoms with van der Waals surface area (Å²) < 4.78 is 5.42. The average Bonchev–Trinajstić information content (AvgIpc) is 2.86. The molecule has 2 aromatic heterocycles. The summed E-state index contributed by atoms with van der Waals surface area (Å²) in [6.45, 7) is 0. The minimum Gasteiger partial charge on any atom is -0.374 e. The second-order valence-corrected chi connectivity index (χ2v) is 4.84. The number of ether oxygens (including phenoxy) is 1. The van der Waals surface area contributed by atoms with E-state index in [1.165, 1.54) is 4.88 Å². The number of aromatic nitrogens is 1. The van der Waals surface area contributed by atoms with Gasteiger partial charge in [-0.3, -0.25) is 0 Å². The smallest absolute Gasteiger partial charge is 0.122 e. The second kappa shape index (κ2) is 4.68. The fraction of sp³-hybridized carbons (Fsp3) is 0.300. The third-order valence-corrected chi connectivity index (χ3v) is 3.74. The quantitative estimate of drug-likeness (QED) is 0.797. The number of thiazole rings is 1. The molecule has 4 heteroatoms. The van der Waals surface area contributed by atoms with E-state index in [1.54, 1.807) is 29.8 Å². The van der Waals surface area contributed by atoms with Crippen LogP contribution < -0.4 is 0 Å². The van der Waals surface area contributed by atoms with E-state index in [0.717, 1.165) is 11.4 Å². The maximum absolute atomic E-state index is 5.42. The Kier molecular flexibility index (Phi) is 3.29. The lowest BCUT2D eigenvalue weighted by Gasteiger charge is -2.10. The molecular formula is C10H11NOS2. The van der Waals surface area contributed by atoms with Gasteiger partial charge < -0.3 is 4.74 Å². The molecule has 0 bridgehead atoms. The Hall–Kier alpha value is -0.710. The van der Waals surface area contributed by atoms with Crippen molar-refractivity contribution in [3.8, 4) is 0 Å². The summed E-state index contributed by atoms with van der Waals surface area (Å²) >= 11 is 3.41. The van der Waals surface area contributed by atoms with E-state index in [0.29, 0.717) is 0 Å². The summed E-state index contributed by atoms with van der Waals surface area (Å²) in [7, 11) is 1.74. The van der Waals surface area contributed by atoms with Crippen LogP contribution in [0.15, 0.2) is 29.1 Å². The molecule has 0 amide bonds. The Morgan fingerprint density at radius 2 is 2.36 bits per heavy atom. The highest BCUT2D eigenvalue weighted by Crippen LogP contribution is 2.25. The summed E-state index contributed by atoms with van der Waals surface area (Å²) in [5.74, 6) is 0. The predicted molar refractivity (Wildman–Crippen MR) is 59.9 cm³/mol. The molecule has 0 saturated heterocycles. The van der Waals surface area contributed by atoms with Crippen LogP contribution >= 0.6 is 22.7 Å². The van der Waals surface area contributed by atoms with Crippen LogP contribution in [0, 0.1) is 0 Å². The second-order valence-electron chi connectivity index (χ2n) is 2.88. The Balaban J connectivity index is 2.08. The Labute approximate surface area is 91.2 Å².